The molecule has 2 unspecified atom stereocenters. The van der Waals surface area contributed by atoms with Crippen molar-refractivity contribution in [3.8, 4) is 0 Å². The topological polar surface area (TPSA) is 84.9 Å². The zero-order valence-electron chi connectivity index (χ0n) is 13.9. The van der Waals surface area contributed by atoms with E-state index >= 15 is 0 Å². The second-order valence-electron chi connectivity index (χ2n) is 6.55. The number of rotatable bonds is 6. The molecule has 0 aliphatic carbocycles. The number of nitrogens with zero attached hydrogens (tertiary/aromatic N) is 2. The number of likely N-dealkylation sites (N-methyl/N-ethyl adjacent to an activating group) is 2. The third kappa shape index (κ3) is 2.85. The number of aliphatic hydroxyl groups excluding tert-OH is 1. The van der Waals surface area contributed by atoms with E-state index in [-0.39, 0.29) is 23.4 Å². The second-order valence-corrected chi connectivity index (χ2v) is 6.55. The van der Waals surface area contributed by atoms with Crippen molar-refractivity contribution in [2.75, 3.05) is 33.7 Å². The molecular weight excluding hydrogens is 284 g/mol. The van der Waals surface area contributed by atoms with Gasteiger partial charge >= 0.3 is 0 Å². The summed E-state index contributed by atoms with van der Waals surface area (Å²) < 4.78 is 0. The van der Waals surface area contributed by atoms with Crippen LogP contribution in [0.5, 0.6) is 0 Å². The van der Waals surface area contributed by atoms with E-state index in [9.17, 15) is 14.7 Å². The van der Waals surface area contributed by atoms with Gasteiger partial charge in [-0.15, -0.1) is 0 Å². The Bertz CT molecular complexity index is 441. The van der Waals surface area contributed by atoms with Crippen LogP contribution in [-0.4, -0.2) is 84.2 Å². The van der Waals surface area contributed by atoms with Crippen LogP contribution < -0.4 is 10.6 Å². The Labute approximate surface area is 132 Å². The molecule has 2 fully saturated rings. The summed E-state index contributed by atoms with van der Waals surface area (Å²) in [6.45, 7) is 5.79. The van der Waals surface area contributed by atoms with Gasteiger partial charge in [-0.25, -0.2) is 0 Å². The van der Waals surface area contributed by atoms with Gasteiger partial charge in [-0.3, -0.25) is 14.5 Å². The molecule has 7 heteroatoms. The van der Waals surface area contributed by atoms with Crippen molar-refractivity contribution < 1.29 is 14.7 Å². The van der Waals surface area contributed by atoms with Crippen molar-refractivity contribution in [3.63, 3.8) is 0 Å². The molecule has 0 bridgehead atoms. The van der Waals surface area contributed by atoms with E-state index in [4.69, 9.17) is 0 Å². The largest absolute Gasteiger partial charge is 0.391 e. The maximum absolute atomic E-state index is 12.1. The number of nitrogens with one attached hydrogen (secondary N) is 2. The quantitative estimate of drug-likeness (QED) is 0.535. The first-order chi connectivity index (χ1) is 10.3. The lowest BCUT2D eigenvalue weighted by Crippen LogP contribution is -2.72. The highest BCUT2D eigenvalue weighted by atomic mass is 16.3. The van der Waals surface area contributed by atoms with Gasteiger partial charge in [0.15, 0.2) is 0 Å². The lowest BCUT2D eigenvalue weighted by molar-refractivity contribution is -0.142. The summed E-state index contributed by atoms with van der Waals surface area (Å²) in [4.78, 5) is 27.8. The third-order valence-electron chi connectivity index (χ3n) is 4.95. The molecule has 126 valence electrons. The molecule has 0 aromatic carbocycles. The van der Waals surface area contributed by atoms with E-state index in [1.165, 1.54) is 4.90 Å². The summed E-state index contributed by atoms with van der Waals surface area (Å²) >= 11 is 0. The minimum absolute atomic E-state index is 0.119. The van der Waals surface area contributed by atoms with Gasteiger partial charge in [0.25, 0.3) is 0 Å². The Balaban J connectivity index is 1.98. The molecular formula is C15H28N4O3. The third-order valence-corrected chi connectivity index (χ3v) is 4.95. The van der Waals surface area contributed by atoms with Crippen molar-refractivity contribution in [1.29, 1.82) is 0 Å². The fraction of sp³-hybridized carbons (Fsp3) is 0.867. The zero-order valence-corrected chi connectivity index (χ0v) is 13.9. The molecule has 22 heavy (non-hydrogen) atoms. The van der Waals surface area contributed by atoms with Crippen LogP contribution in [0, 0.1) is 0 Å². The van der Waals surface area contributed by atoms with Crippen LogP contribution in [0.25, 0.3) is 0 Å². The summed E-state index contributed by atoms with van der Waals surface area (Å²) in [5.74, 6) is -0.0135. The molecule has 1 spiro atoms. The summed E-state index contributed by atoms with van der Waals surface area (Å²) in [6.07, 6.45) is 1.03. The molecule has 2 heterocycles. The van der Waals surface area contributed by atoms with Gasteiger partial charge in [-0.1, -0.05) is 6.92 Å². The van der Waals surface area contributed by atoms with Gasteiger partial charge in [0.2, 0.25) is 11.8 Å². The number of β-lactam (4-membered cyclic amide) rings is 1. The van der Waals surface area contributed by atoms with Crippen LogP contribution in [-0.2, 0) is 9.59 Å². The highest BCUT2D eigenvalue weighted by Crippen LogP contribution is 2.37. The zero-order chi connectivity index (χ0) is 16.5. The van der Waals surface area contributed by atoms with E-state index in [2.05, 4.69) is 22.5 Å². The Morgan fingerprint density at radius 1 is 1.59 bits per heavy atom. The maximum atomic E-state index is 12.1. The van der Waals surface area contributed by atoms with Crippen molar-refractivity contribution in [3.05, 3.63) is 0 Å². The predicted molar refractivity (Wildman–Crippen MR) is 83.3 cm³/mol. The Morgan fingerprint density at radius 3 is 2.68 bits per heavy atom. The summed E-state index contributed by atoms with van der Waals surface area (Å²) in [6, 6.07) is -0.396. The smallest absolute Gasteiger partial charge is 0.242 e. The van der Waals surface area contributed by atoms with Gasteiger partial charge < -0.3 is 20.6 Å². The van der Waals surface area contributed by atoms with E-state index in [0.717, 1.165) is 19.4 Å². The molecule has 3 N–H and O–H groups in total. The van der Waals surface area contributed by atoms with E-state index in [0.29, 0.717) is 13.1 Å². The fourth-order valence-electron chi connectivity index (χ4n) is 3.63. The first-order valence-electron chi connectivity index (χ1n) is 8.01. The van der Waals surface area contributed by atoms with Gasteiger partial charge in [0.05, 0.1) is 6.10 Å². The number of carbonyl (C=O) groups excluding carboxylic acids is 2. The fourth-order valence-corrected chi connectivity index (χ4v) is 3.63. The molecule has 2 aliphatic rings. The SMILES string of the molecule is CCN1C(CN[C@H](C(=O)N(C)C)[C@@H](C)O)CCC12CNC2=O. The monoisotopic (exact) mass is 312 g/mol. The predicted octanol–water partition coefficient (Wildman–Crippen LogP) is -1.23. The van der Waals surface area contributed by atoms with Gasteiger partial charge in [-0.05, 0) is 26.3 Å². The van der Waals surface area contributed by atoms with Crippen LogP contribution in [0.2, 0.25) is 0 Å². The summed E-state index contributed by atoms with van der Waals surface area (Å²) in [5.41, 5.74) is -0.340. The van der Waals surface area contributed by atoms with Crippen molar-refractivity contribution in [1.82, 2.24) is 20.4 Å². The molecule has 4 atom stereocenters. The van der Waals surface area contributed by atoms with Crippen molar-refractivity contribution >= 4 is 11.8 Å². The van der Waals surface area contributed by atoms with E-state index in [1.807, 2.05) is 0 Å². The second kappa shape index (κ2) is 6.52. The van der Waals surface area contributed by atoms with E-state index in [1.54, 1.807) is 21.0 Å². The standard InChI is InChI=1S/C15H28N4O3/c1-5-19-11(6-7-15(19)9-17-14(15)22)8-16-12(10(2)20)13(21)18(3)4/h10-12,16,20H,5-9H2,1-4H3,(H,17,22)/t10-,11?,12+,15?/m1/s1. The minimum Gasteiger partial charge on any atom is -0.391 e. The minimum atomic E-state index is -0.757. The molecule has 2 saturated heterocycles. The average Bonchev–Trinajstić information content (AvgIpc) is 2.86. The van der Waals surface area contributed by atoms with Crippen LogP contribution in [0.3, 0.4) is 0 Å². The lowest BCUT2D eigenvalue weighted by Gasteiger charge is -2.46. The van der Waals surface area contributed by atoms with Gasteiger partial charge in [0, 0.05) is 33.2 Å². The highest BCUT2D eigenvalue weighted by Gasteiger charge is 2.56. The number of hydrogen-bond donors (Lipinski definition) is 3. The van der Waals surface area contributed by atoms with Crippen molar-refractivity contribution in [2.24, 2.45) is 0 Å². The number of hydrogen-bond acceptors (Lipinski definition) is 5. The molecule has 2 rings (SSSR count). The average molecular weight is 312 g/mol. The molecule has 0 aromatic heterocycles. The molecule has 7 nitrogen and oxygen atoms in total. The van der Waals surface area contributed by atoms with Crippen LogP contribution in [0.15, 0.2) is 0 Å². The highest BCUT2D eigenvalue weighted by molar-refractivity contribution is 5.93. The van der Waals surface area contributed by atoms with Crippen LogP contribution >= 0.6 is 0 Å². The van der Waals surface area contributed by atoms with Crippen LogP contribution in [0.1, 0.15) is 26.7 Å². The Hall–Kier alpha value is -1.18. The van der Waals surface area contributed by atoms with Crippen LogP contribution in [0.4, 0.5) is 0 Å². The molecule has 0 radical (unpaired) electrons. The number of carbonyl (C=O) groups is 2. The summed E-state index contributed by atoms with van der Waals surface area (Å²) in [7, 11) is 3.36. The Kier molecular flexibility index (Phi) is 5.09. The molecule has 2 amide bonds. The van der Waals surface area contributed by atoms with Gasteiger partial charge in [-0.2, -0.15) is 0 Å². The first kappa shape index (κ1) is 17.2. The van der Waals surface area contributed by atoms with Gasteiger partial charge in [0.1, 0.15) is 11.6 Å². The molecule has 2 aliphatic heterocycles. The molecule has 0 saturated carbocycles. The lowest BCUT2D eigenvalue weighted by atomic mass is 9.88. The Morgan fingerprint density at radius 2 is 2.27 bits per heavy atom. The first-order valence-corrected chi connectivity index (χ1v) is 8.01. The van der Waals surface area contributed by atoms with E-state index < -0.39 is 12.1 Å². The number of amides is 2. The van der Waals surface area contributed by atoms with Crippen molar-refractivity contribution in [2.45, 2.75) is 50.4 Å². The molecule has 0 aromatic rings. The number of likely N-dealkylation sites (tertiary alicyclic amines) is 1. The number of aliphatic hydroxyl groups is 1. The maximum Gasteiger partial charge on any atom is 0.242 e. The summed E-state index contributed by atoms with van der Waals surface area (Å²) in [5, 5.41) is 15.9. The normalized spacial score (nSPS) is 30.8.